The largest absolute Gasteiger partial charge is 0.212 e. The molecule has 0 bridgehead atoms. The number of hydrogen-bond acceptors (Lipinski definition) is 0. The number of rotatable bonds is 10. The lowest BCUT2D eigenvalue weighted by atomic mass is 9.95. The molecule has 4 atom stereocenters. The highest BCUT2D eigenvalue weighted by Crippen LogP contribution is 2.30. The van der Waals surface area contributed by atoms with Crippen LogP contribution in [0.1, 0.15) is 237 Å². The Balaban J connectivity index is 0.000000235. The Bertz CT molecular complexity index is 5320. The van der Waals surface area contributed by atoms with Crippen LogP contribution in [-0.4, -0.2) is 0 Å². The quantitative estimate of drug-likeness (QED) is 0.122. The van der Waals surface area contributed by atoms with Crippen molar-refractivity contribution < 1.29 is 61.2 Å². The van der Waals surface area contributed by atoms with Crippen LogP contribution in [0.3, 0.4) is 0 Å². The van der Waals surface area contributed by atoms with Gasteiger partial charge in [0, 0.05) is 124 Å². The van der Waals surface area contributed by atoms with Crippen molar-refractivity contribution in [3.63, 3.8) is 0 Å². The molecule has 5 nitrogen and oxygen atoms in total. The molecule has 0 N–H and O–H groups in total. The van der Waals surface area contributed by atoms with Crippen LogP contribution in [-0.2, 0) is 35.2 Å². The summed E-state index contributed by atoms with van der Waals surface area (Å²) in [6, 6.07) is 39.8. The van der Waals surface area contributed by atoms with Crippen LogP contribution in [0.15, 0.2) is 164 Å². The number of benzene rings is 5. The summed E-state index contributed by atoms with van der Waals surface area (Å²) >= 11 is 0. The molecule has 5 heterocycles. The Morgan fingerprint density at radius 2 is 0.570 bits per heavy atom. The van der Waals surface area contributed by atoms with Gasteiger partial charge in [-0.05, 0) is 217 Å². The molecule has 10 rings (SSSR count). The minimum Gasteiger partial charge on any atom is -0.201 e. The summed E-state index contributed by atoms with van der Waals surface area (Å²) in [6.07, 6.45) is 8.79. The topological polar surface area (TPSA) is 19.4 Å². The van der Waals surface area contributed by atoms with Gasteiger partial charge in [0.05, 0.1) is 0 Å². The Morgan fingerprint density at radius 1 is 0.269 bits per heavy atom. The first-order chi connectivity index (χ1) is 54.7. The molecule has 4 unspecified atom stereocenters. The molecule has 0 aliphatic carbocycles. The van der Waals surface area contributed by atoms with Gasteiger partial charge in [-0.15, -0.1) is 0 Å². The van der Waals surface area contributed by atoms with E-state index in [0.29, 0.717) is 56.0 Å². The van der Waals surface area contributed by atoms with E-state index < -0.39 is 78.4 Å². The van der Waals surface area contributed by atoms with Crippen molar-refractivity contribution in [2.75, 3.05) is 0 Å². The Labute approximate surface area is 603 Å². The highest BCUT2D eigenvalue weighted by molar-refractivity contribution is 5.66. The molecular formula is C88H116N5+5. The second-order valence-electron chi connectivity index (χ2n) is 25.1. The SMILES string of the molecule is Cc1ccc(-c2cc(C)c(C(C)C)c[n+]2C)c(C)c1.[2H]C([2H])([2H])C([2H])(C)c1ccc(-c2ccc(C([2H])(C)C([2H])([2H])[2H])c[n+]2C)c(C)c1.[2H]C([2H])([2H])c1c[n+](C)c(-c2ccc(C([2H])(C)C([2H])([2H])[2H])cc2C)cc1C.[2H]C([2H])([2H])c1ccc(-c2cc(C)c(C([2H])([2H])[2H])c[n+]2C)c(C)c1.[2H]C([2H])([2H])c1ccc(-c2ccc(C([2H])(C)C([2H])([2H])[2H])c[n+]2C)c(C)c1. The van der Waals surface area contributed by atoms with Crippen molar-refractivity contribution in [1.29, 1.82) is 0 Å². The van der Waals surface area contributed by atoms with Crippen molar-refractivity contribution in [3.05, 3.63) is 265 Å². The fourth-order valence-electron chi connectivity index (χ4n) is 11.3. The van der Waals surface area contributed by atoms with Gasteiger partial charge in [-0.25, -0.2) is 22.8 Å². The lowest BCUT2D eigenvalue weighted by molar-refractivity contribution is -0.661. The van der Waals surface area contributed by atoms with Crippen LogP contribution in [0.4, 0.5) is 0 Å². The highest BCUT2D eigenvalue weighted by Gasteiger charge is 2.21. The molecule has 5 heteroatoms. The van der Waals surface area contributed by atoms with Crippen LogP contribution in [0, 0.1) is 89.7 Å². The van der Waals surface area contributed by atoms with Crippen molar-refractivity contribution in [2.45, 2.75) is 188 Å². The predicted octanol–water partition coefficient (Wildman–Crippen LogP) is 20.5. The molecule has 0 amide bonds. The second kappa shape index (κ2) is 32.6. The van der Waals surface area contributed by atoms with E-state index >= 15 is 0 Å². The van der Waals surface area contributed by atoms with Gasteiger partial charge in [-0.2, -0.15) is 0 Å². The standard InChI is InChI=1S/C19H26N.2C18H24N.C17H22N.C16H20N/c1-13(2)16-7-9-18(15(5)11-16)19-10-8-17(14(3)4)12-20(19)6;1-12(2)16-7-8-17(14(4)9-16)18-10-13(3)15(5)11-19(18)6;1-12(2)17-11-19(6)18(10-15(17)5)16-8-7-13(3)9-14(16)4;1-12(2)15-7-9-17(18(5)11-15)16-8-6-13(3)10-14(16)4;1-11-6-7-15(13(3)8-11)16-9-12(2)14(4)10-17(16)5/h7-14H,1-6H3;2*7-12H,1-6H3;6-12H,1-5H3;6-10H,1-5H3/q5*+1/i1D3,3D3,13D,14D;1D3,5D3,12D;;1D3,3D3,12D;1D3,4D3. The van der Waals surface area contributed by atoms with Gasteiger partial charge in [0.2, 0.25) is 28.5 Å². The molecule has 93 heavy (non-hydrogen) atoms. The summed E-state index contributed by atoms with van der Waals surface area (Å²) in [7, 11) is 9.28. The smallest absolute Gasteiger partial charge is 0.201 e. The van der Waals surface area contributed by atoms with Gasteiger partial charge in [0.25, 0.3) is 0 Å². The fourth-order valence-corrected chi connectivity index (χ4v) is 11.3. The third-order valence-corrected chi connectivity index (χ3v) is 16.8. The average Bonchev–Trinajstić information content (AvgIpc) is 0.773. The van der Waals surface area contributed by atoms with Crippen LogP contribution in [0.2, 0.25) is 0 Å². The Kier molecular flexibility index (Phi) is 15.1. The van der Waals surface area contributed by atoms with E-state index in [4.69, 9.17) is 38.4 Å². The fraction of sp³-hybridized carbons (Fsp3) is 0.375. The molecular weight excluding hydrogens is 1130 g/mol. The normalized spacial score (nSPS) is 19.1. The zero-order valence-electron chi connectivity index (χ0n) is 86.4. The van der Waals surface area contributed by atoms with Gasteiger partial charge < -0.3 is 0 Å². The number of aromatic nitrogens is 5. The molecule has 0 saturated heterocycles. The zero-order chi connectivity index (χ0) is 92.7. The maximum Gasteiger partial charge on any atom is 0.212 e. The molecule has 0 fully saturated rings. The van der Waals surface area contributed by atoms with E-state index in [1.165, 1.54) is 61.2 Å². The van der Waals surface area contributed by atoms with E-state index in [1.54, 1.807) is 182 Å². The predicted molar refractivity (Wildman–Crippen MR) is 397 cm³/mol. The van der Waals surface area contributed by atoms with Gasteiger partial charge in [-0.1, -0.05) is 146 Å². The number of nitrogens with zero attached hydrogens (tertiary/aromatic N) is 5. The zero-order valence-corrected chi connectivity index (χ0v) is 58.4. The van der Waals surface area contributed by atoms with Crippen molar-refractivity contribution >= 4 is 0 Å². The van der Waals surface area contributed by atoms with Crippen LogP contribution in [0.5, 0.6) is 0 Å². The third kappa shape index (κ3) is 19.2. The molecule has 0 aliphatic rings. The van der Waals surface area contributed by atoms with E-state index in [2.05, 4.69) is 76.7 Å². The second-order valence-corrected chi connectivity index (χ2v) is 25.1. The van der Waals surface area contributed by atoms with E-state index in [9.17, 15) is 0 Å². The van der Waals surface area contributed by atoms with Gasteiger partial charge in [0.1, 0.15) is 35.2 Å². The third-order valence-electron chi connectivity index (χ3n) is 16.8. The minimum atomic E-state index is -2.45. The van der Waals surface area contributed by atoms with Crippen molar-refractivity contribution in [2.24, 2.45) is 35.2 Å². The summed E-state index contributed by atoms with van der Waals surface area (Å²) in [5, 5.41) is 0. The van der Waals surface area contributed by atoms with Crippen molar-refractivity contribution in [1.82, 2.24) is 0 Å². The molecule has 10 aromatic rings. The van der Waals surface area contributed by atoms with E-state index in [1.807, 2.05) is 39.8 Å². The molecule has 0 aliphatic heterocycles. The van der Waals surface area contributed by atoms with E-state index in [-0.39, 0.29) is 5.56 Å². The van der Waals surface area contributed by atoms with Gasteiger partial charge >= 0.3 is 0 Å². The number of aryl methyl sites for hydroxylation is 18. The minimum absolute atomic E-state index is 0.286. The molecule has 5 aromatic heterocycles. The lowest BCUT2D eigenvalue weighted by Crippen LogP contribution is -2.32. The summed E-state index contributed by atoms with van der Waals surface area (Å²) < 4.78 is 224. The molecule has 0 radical (unpaired) electrons. The summed E-state index contributed by atoms with van der Waals surface area (Å²) in [4.78, 5) is 0. The molecule has 488 valence electrons. The lowest BCUT2D eigenvalue weighted by Gasteiger charge is -2.11. The summed E-state index contributed by atoms with van der Waals surface area (Å²) in [6.45, 7) is 9.16. The van der Waals surface area contributed by atoms with Crippen molar-refractivity contribution in [3.8, 4) is 56.3 Å². The van der Waals surface area contributed by atoms with Gasteiger partial charge in [0.15, 0.2) is 31.0 Å². The first-order valence-electron chi connectivity index (χ1n) is 45.3. The first kappa shape index (κ1) is 43.0. The van der Waals surface area contributed by atoms with Crippen LogP contribution < -0.4 is 22.8 Å². The Morgan fingerprint density at radius 3 is 0.903 bits per heavy atom. The Hall–Kier alpha value is -8.15. The summed E-state index contributed by atoms with van der Waals surface area (Å²) in [5.41, 5.74) is 22.4. The maximum atomic E-state index is 8.25. The van der Waals surface area contributed by atoms with Crippen LogP contribution >= 0.6 is 0 Å². The first-order valence-corrected chi connectivity index (χ1v) is 31.3. The summed E-state index contributed by atoms with van der Waals surface area (Å²) in [5.74, 6) is -6.27. The number of pyridine rings is 5. The average molecular weight is 1270 g/mol. The van der Waals surface area contributed by atoms with Crippen LogP contribution in [0.25, 0.3) is 56.3 Å². The molecule has 0 spiro atoms. The number of hydrogen-bond donors (Lipinski definition) is 0. The van der Waals surface area contributed by atoms with E-state index in [0.717, 1.165) is 67.3 Å². The highest BCUT2D eigenvalue weighted by atomic mass is 14.9. The monoisotopic (exact) mass is 1270 g/mol. The van der Waals surface area contributed by atoms with Gasteiger partial charge in [-0.3, -0.25) is 0 Å². The molecule has 5 aromatic carbocycles. The molecule has 0 saturated carbocycles. The maximum absolute atomic E-state index is 8.25.